The monoisotopic (exact) mass is 128 g/mol. The molecule has 0 aliphatic carbocycles. The first-order valence-electron chi connectivity index (χ1n) is 3.34. The van der Waals surface area contributed by atoms with Crippen molar-refractivity contribution in [3.05, 3.63) is 0 Å². The standard InChI is InChI=1S/C7H16N2/c1-6(2)8-9-7(3,4)5/h6H,1-5H3/b9-8+. The lowest BCUT2D eigenvalue weighted by molar-refractivity contribution is 0.523. The summed E-state index contributed by atoms with van der Waals surface area (Å²) >= 11 is 0. The number of azo groups is 1. The molecule has 0 spiro atoms. The summed E-state index contributed by atoms with van der Waals surface area (Å²) in [6, 6.07) is 0.323. The van der Waals surface area contributed by atoms with Crippen LogP contribution in [0.2, 0.25) is 0 Å². The highest BCUT2D eigenvalue weighted by Gasteiger charge is 2.05. The third kappa shape index (κ3) is 7.60. The van der Waals surface area contributed by atoms with Crippen molar-refractivity contribution in [2.45, 2.75) is 46.2 Å². The molecular formula is C7H16N2. The summed E-state index contributed by atoms with van der Waals surface area (Å²) in [6.45, 7) is 10.2. The van der Waals surface area contributed by atoms with Gasteiger partial charge in [-0.1, -0.05) is 0 Å². The zero-order valence-corrected chi connectivity index (χ0v) is 6.97. The van der Waals surface area contributed by atoms with Crippen LogP contribution in [0.1, 0.15) is 34.6 Å². The molecule has 0 radical (unpaired) electrons. The lowest BCUT2D eigenvalue weighted by Crippen LogP contribution is -2.08. The summed E-state index contributed by atoms with van der Waals surface area (Å²) in [4.78, 5) is 0. The Morgan fingerprint density at radius 3 is 1.67 bits per heavy atom. The molecule has 0 bridgehead atoms. The summed E-state index contributed by atoms with van der Waals surface area (Å²) in [7, 11) is 0. The second kappa shape index (κ2) is 2.95. The van der Waals surface area contributed by atoms with Crippen LogP contribution in [0.5, 0.6) is 0 Å². The Morgan fingerprint density at radius 1 is 1.11 bits per heavy atom. The van der Waals surface area contributed by atoms with Crippen molar-refractivity contribution in [2.24, 2.45) is 10.2 Å². The van der Waals surface area contributed by atoms with E-state index in [0.29, 0.717) is 6.04 Å². The highest BCUT2D eigenvalue weighted by molar-refractivity contribution is 4.67. The highest BCUT2D eigenvalue weighted by Crippen LogP contribution is 2.07. The minimum absolute atomic E-state index is 0.00965. The topological polar surface area (TPSA) is 24.7 Å². The molecule has 0 aromatic rings. The van der Waals surface area contributed by atoms with Gasteiger partial charge in [-0.25, -0.2) is 0 Å². The fourth-order valence-corrected chi connectivity index (χ4v) is 0.289. The fourth-order valence-electron chi connectivity index (χ4n) is 0.289. The molecule has 0 atom stereocenters. The normalized spacial score (nSPS) is 13.6. The summed E-state index contributed by atoms with van der Waals surface area (Å²) in [5.74, 6) is 0. The molecular weight excluding hydrogens is 112 g/mol. The molecule has 2 nitrogen and oxygen atoms in total. The molecule has 54 valence electrons. The first kappa shape index (κ1) is 8.60. The Balaban J connectivity index is 3.71. The maximum absolute atomic E-state index is 4.08. The smallest absolute Gasteiger partial charge is 0.0732 e. The van der Waals surface area contributed by atoms with Crippen LogP contribution in [0.4, 0.5) is 0 Å². The Kier molecular flexibility index (Phi) is 2.82. The fraction of sp³-hybridized carbons (Fsp3) is 1.00. The first-order chi connectivity index (χ1) is 3.92. The van der Waals surface area contributed by atoms with Gasteiger partial charge >= 0.3 is 0 Å². The van der Waals surface area contributed by atoms with Crippen LogP contribution in [0, 0.1) is 0 Å². The summed E-state index contributed by atoms with van der Waals surface area (Å²) in [6.07, 6.45) is 0. The van der Waals surface area contributed by atoms with Gasteiger partial charge in [0.25, 0.3) is 0 Å². The first-order valence-corrected chi connectivity index (χ1v) is 3.34. The summed E-state index contributed by atoms with van der Waals surface area (Å²) < 4.78 is 0. The average molecular weight is 128 g/mol. The van der Waals surface area contributed by atoms with Crippen LogP contribution in [0.15, 0.2) is 10.2 Å². The molecule has 0 saturated heterocycles. The lowest BCUT2D eigenvalue weighted by atomic mass is 10.1. The van der Waals surface area contributed by atoms with E-state index < -0.39 is 0 Å². The van der Waals surface area contributed by atoms with E-state index in [9.17, 15) is 0 Å². The quantitative estimate of drug-likeness (QED) is 0.485. The van der Waals surface area contributed by atoms with Crippen molar-refractivity contribution in [1.82, 2.24) is 0 Å². The number of nitrogens with zero attached hydrogens (tertiary/aromatic N) is 2. The Bertz CT molecular complexity index is 98.0. The molecule has 0 heterocycles. The molecule has 0 rings (SSSR count). The maximum Gasteiger partial charge on any atom is 0.0732 e. The van der Waals surface area contributed by atoms with Gasteiger partial charge in [0.2, 0.25) is 0 Å². The van der Waals surface area contributed by atoms with Crippen molar-refractivity contribution in [2.75, 3.05) is 0 Å². The third-order valence-corrected chi connectivity index (χ3v) is 0.589. The van der Waals surface area contributed by atoms with Gasteiger partial charge in [-0.05, 0) is 34.6 Å². The number of hydrogen-bond donors (Lipinski definition) is 0. The predicted molar refractivity (Wildman–Crippen MR) is 39.7 cm³/mol. The van der Waals surface area contributed by atoms with Crippen LogP contribution in [0.3, 0.4) is 0 Å². The molecule has 0 fully saturated rings. The number of rotatable bonds is 1. The third-order valence-electron chi connectivity index (χ3n) is 0.589. The largest absolute Gasteiger partial charge is 0.191 e. The van der Waals surface area contributed by atoms with Crippen molar-refractivity contribution < 1.29 is 0 Å². The molecule has 0 unspecified atom stereocenters. The van der Waals surface area contributed by atoms with Gasteiger partial charge in [0.1, 0.15) is 0 Å². The van der Waals surface area contributed by atoms with Crippen molar-refractivity contribution >= 4 is 0 Å². The SMILES string of the molecule is CC(C)/N=N/C(C)(C)C. The van der Waals surface area contributed by atoms with E-state index in [1.165, 1.54) is 0 Å². The highest BCUT2D eigenvalue weighted by atomic mass is 15.1. The Morgan fingerprint density at radius 2 is 1.56 bits per heavy atom. The van der Waals surface area contributed by atoms with Crippen LogP contribution >= 0.6 is 0 Å². The summed E-state index contributed by atoms with van der Waals surface area (Å²) in [5.41, 5.74) is -0.00965. The zero-order valence-electron chi connectivity index (χ0n) is 6.97. The Hall–Kier alpha value is -0.400. The molecule has 0 amide bonds. The van der Waals surface area contributed by atoms with Crippen LogP contribution in [0.25, 0.3) is 0 Å². The summed E-state index contributed by atoms with van der Waals surface area (Å²) in [5, 5.41) is 8.10. The van der Waals surface area contributed by atoms with Gasteiger partial charge < -0.3 is 0 Å². The van der Waals surface area contributed by atoms with E-state index in [1.54, 1.807) is 0 Å². The van der Waals surface area contributed by atoms with Crippen LogP contribution in [-0.4, -0.2) is 11.6 Å². The second-order valence-electron chi connectivity index (χ2n) is 3.48. The molecule has 0 saturated carbocycles. The molecule has 9 heavy (non-hydrogen) atoms. The predicted octanol–water partition coefficient (Wildman–Crippen LogP) is 2.65. The molecule has 0 aliphatic rings. The molecule has 2 heteroatoms. The average Bonchev–Trinajstić information content (AvgIpc) is 1.59. The van der Waals surface area contributed by atoms with E-state index in [-0.39, 0.29) is 5.54 Å². The zero-order chi connectivity index (χ0) is 7.49. The second-order valence-corrected chi connectivity index (χ2v) is 3.48. The minimum atomic E-state index is -0.00965. The van der Waals surface area contributed by atoms with Crippen molar-refractivity contribution in [3.8, 4) is 0 Å². The van der Waals surface area contributed by atoms with Gasteiger partial charge in [-0.2, -0.15) is 10.2 Å². The lowest BCUT2D eigenvalue weighted by Gasteiger charge is -2.09. The van der Waals surface area contributed by atoms with E-state index in [1.807, 2.05) is 34.6 Å². The van der Waals surface area contributed by atoms with E-state index in [2.05, 4.69) is 10.2 Å². The van der Waals surface area contributed by atoms with Crippen molar-refractivity contribution in [3.63, 3.8) is 0 Å². The molecule has 0 aromatic heterocycles. The van der Waals surface area contributed by atoms with E-state index >= 15 is 0 Å². The van der Waals surface area contributed by atoms with Crippen molar-refractivity contribution in [1.29, 1.82) is 0 Å². The number of hydrogen-bond acceptors (Lipinski definition) is 2. The van der Waals surface area contributed by atoms with Gasteiger partial charge in [0, 0.05) is 0 Å². The van der Waals surface area contributed by atoms with Gasteiger partial charge in [-0.15, -0.1) is 0 Å². The van der Waals surface area contributed by atoms with E-state index in [0.717, 1.165) is 0 Å². The maximum atomic E-state index is 4.08. The minimum Gasteiger partial charge on any atom is -0.191 e. The molecule has 0 aliphatic heterocycles. The van der Waals surface area contributed by atoms with Gasteiger partial charge in [0.05, 0.1) is 11.6 Å². The van der Waals surface area contributed by atoms with Gasteiger partial charge in [0.15, 0.2) is 0 Å². The van der Waals surface area contributed by atoms with Gasteiger partial charge in [-0.3, -0.25) is 0 Å². The molecule has 0 aromatic carbocycles. The molecule has 0 N–H and O–H groups in total. The van der Waals surface area contributed by atoms with E-state index in [4.69, 9.17) is 0 Å². The van der Waals surface area contributed by atoms with Crippen LogP contribution < -0.4 is 0 Å². The Labute approximate surface area is 57.4 Å². The van der Waals surface area contributed by atoms with Crippen LogP contribution in [-0.2, 0) is 0 Å².